The second-order valence-electron chi connectivity index (χ2n) is 6.06. The molecule has 0 spiro atoms. The number of ether oxygens (including phenoxy) is 3. The van der Waals surface area contributed by atoms with Crippen molar-refractivity contribution in [3.05, 3.63) is 59.7 Å². The highest BCUT2D eigenvalue weighted by molar-refractivity contribution is 5.97. The lowest BCUT2D eigenvalue weighted by atomic mass is 10.0. The van der Waals surface area contributed by atoms with Gasteiger partial charge >= 0.3 is 5.97 Å². The normalized spacial score (nSPS) is 12.8. The predicted octanol–water partition coefficient (Wildman–Crippen LogP) is 1.57. The monoisotopic (exact) mass is 384 g/mol. The van der Waals surface area contributed by atoms with Gasteiger partial charge in [0.2, 0.25) is 12.7 Å². The fourth-order valence-electron chi connectivity index (χ4n) is 2.73. The molecule has 8 heteroatoms. The average molecular weight is 384 g/mol. The standard InChI is InChI=1S/C20H20N2O6/c1-26-19(24)10-15(13-5-3-2-4-6-13)22-18(23)11-21-20(25)14-7-8-16-17(9-14)28-12-27-16/h2-9,15H,10-12H2,1H3,(H,21,25)(H,22,23). The van der Waals surface area contributed by atoms with Crippen LogP contribution in [0.5, 0.6) is 11.5 Å². The van der Waals surface area contributed by atoms with Crippen LogP contribution in [0.2, 0.25) is 0 Å². The van der Waals surface area contributed by atoms with Crippen LogP contribution in [0.1, 0.15) is 28.4 Å². The van der Waals surface area contributed by atoms with E-state index < -0.39 is 23.8 Å². The molecule has 8 nitrogen and oxygen atoms in total. The molecule has 2 aromatic rings. The molecule has 2 amide bonds. The second kappa shape index (κ2) is 8.90. The second-order valence-corrected chi connectivity index (χ2v) is 6.06. The van der Waals surface area contributed by atoms with Crippen LogP contribution in [0.4, 0.5) is 0 Å². The van der Waals surface area contributed by atoms with Gasteiger partial charge in [-0.2, -0.15) is 0 Å². The van der Waals surface area contributed by atoms with E-state index in [1.807, 2.05) is 18.2 Å². The molecule has 1 heterocycles. The molecule has 2 aromatic carbocycles. The summed E-state index contributed by atoms with van der Waals surface area (Å²) >= 11 is 0. The van der Waals surface area contributed by atoms with Gasteiger partial charge in [-0.05, 0) is 23.8 Å². The van der Waals surface area contributed by atoms with E-state index in [-0.39, 0.29) is 19.8 Å². The molecule has 1 aliphatic heterocycles. The lowest BCUT2D eigenvalue weighted by molar-refractivity contribution is -0.141. The van der Waals surface area contributed by atoms with E-state index in [1.54, 1.807) is 30.3 Å². The number of hydrogen-bond acceptors (Lipinski definition) is 6. The summed E-state index contributed by atoms with van der Waals surface area (Å²) in [6.45, 7) is -0.123. The Morgan fingerprint density at radius 1 is 1.07 bits per heavy atom. The van der Waals surface area contributed by atoms with Crippen molar-refractivity contribution in [1.82, 2.24) is 10.6 Å². The Labute approximate surface area is 161 Å². The van der Waals surface area contributed by atoms with E-state index >= 15 is 0 Å². The van der Waals surface area contributed by atoms with Gasteiger partial charge in [-0.3, -0.25) is 14.4 Å². The molecular formula is C20H20N2O6. The number of amides is 2. The number of hydrogen-bond donors (Lipinski definition) is 2. The largest absolute Gasteiger partial charge is 0.469 e. The topological polar surface area (TPSA) is 103 Å². The van der Waals surface area contributed by atoms with Crippen molar-refractivity contribution < 1.29 is 28.6 Å². The molecule has 1 aliphatic rings. The number of carbonyl (C=O) groups is 3. The van der Waals surface area contributed by atoms with Gasteiger partial charge < -0.3 is 24.8 Å². The first-order chi connectivity index (χ1) is 13.6. The zero-order chi connectivity index (χ0) is 19.9. The highest BCUT2D eigenvalue weighted by atomic mass is 16.7. The molecule has 0 fully saturated rings. The van der Waals surface area contributed by atoms with Crippen molar-refractivity contribution in [3.63, 3.8) is 0 Å². The summed E-state index contributed by atoms with van der Waals surface area (Å²) in [5.41, 5.74) is 1.12. The van der Waals surface area contributed by atoms with Crippen LogP contribution >= 0.6 is 0 Å². The molecule has 0 saturated carbocycles. The van der Waals surface area contributed by atoms with E-state index in [0.717, 1.165) is 5.56 Å². The van der Waals surface area contributed by atoms with Crippen LogP contribution < -0.4 is 20.1 Å². The molecule has 1 unspecified atom stereocenters. The number of esters is 1. The number of methoxy groups -OCH3 is 1. The number of nitrogens with one attached hydrogen (secondary N) is 2. The summed E-state index contributed by atoms with van der Waals surface area (Å²) in [4.78, 5) is 36.2. The SMILES string of the molecule is COC(=O)CC(NC(=O)CNC(=O)c1ccc2c(c1)OCO2)c1ccccc1. The summed E-state index contributed by atoms with van der Waals surface area (Å²) in [5.74, 6) is -0.231. The lowest BCUT2D eigenvalue weighted by Gasteiger charge is -2.18. The summed E-state index contributed by atoms with van der Waals surface area (Å²) in [7, 11) is 1.29. The number of fused-ring (bicyclic) bond motifs is 1. The Kier molecular flexibility index (Phi) is 6.11. The molecule has 0 radical (unpaired) electrons. The Morgan fingerprint density at radius 2 is 1.82 bits per heavy atom. The minimum Gasteiger partial charge on any atom is -0.469 e. The first kappa shape index (κ1) is 19.2. The van der Waals surface area contributed by atoms with E-state index in [2.05, 4.69) is 10.6 Å². The van der Waals surface area contributed by atoms with Crippen molar-refractivity contribution in [2.75, 3.05) is 20.4 Å². The number of benzene rings is 2. The van der Waals surface area contributed by atoms with Gasteiger partial charge in [0.15, 0.2) is 11.5 Å². The highest BCUT2D eigenvalue weighted by Gasteiger charge is 2.20. The van der Waals surface area contributed by atoms with E-state index in [1.165, 1.54) is 7.11 Å². The molecule has 146 valence electrons. The highest BCUT2D eigenvalue weighted by Crippen LogP contribution is 2.32. The van der Waals surface area contributed by atoms with Gasteiger partial charge in [0.25, 0.3) is 5.91 Å². The zero-order valence-electron chi connectivity index (χ0n) is 15.3. The summed E-state index contributed by atoms with van der Waals surface area (Å²) < 4.78 is 15.1. The van der Waals surface area contributed by atoms with Gasteiger partial charge in [-0.15, -0.1) is 0 Å². The van der Waals surface area contributed by atoms with Crippen molar-refractivity contribution in [3.8, 4) is 11.5 Å². The third-order valence-electron chi connectivity index (χ3n) is 4.18. The molecule has 0 saturated heterocycles. The lowest BCUT2D eigenvalue weighted by Crippen LogP contribution is -2.39. The minimum atomic E-state index is -0.552. The van der Waals surface area contributed by atoms with Gasteiger partial charge in [-0.25, -0.2) is 0 Å². The molecule has 0 aromatic heterocycles. The van der Waals surface area contributed by atoms with Crippen molar-refractivity contribution >= 4 is 17.8 Å². The summed E-state index contributed by atoms with van der Waals surface area (Å²) in [6, 6.07) is 13.3. The van der Waals surface area contributed by atoms with Crippen LogP contribution in [0.25, 0.3) is 0 Å². The smallest absolute Gasteiger partial charge is 0.307 e. The van der Waals surface area contributed by atoms with Gasteiger partial charge in [0, 0.05) is 5.56 Å². The zero-order valence-corrected chi connectivity index (χ0v) is 15.3. The fraction of sp³-hybridized carbons (Fsp3) is 0.250. The third kappa shape index (κ3) is 4.79. The maximum atomic E-state index is 12.3. The Bertz CT molecular complexity index is 868. The first-order valence-electron chi connectivity index (χ1n) is 8.66. The van der Waals surface area contributed by atoms with Crippen LogP contribution in [-0.4, -0.2) is 38.2 Å². The van der Waals surface area contributed by atoms with Gasteiger partial charge in [-0.1, -0.05) is 30.3 Å². The number of carbonyl (C=O) groups excluding carboxylic acids is 3. The van der Waals surface area contributed by atoms with E-state index in [0.29, 0.717) is 17.1 Å². The van der Waals surface area contributed by atoms with Crippen LogP contribution in [0, 0.1) is 0 Å². The molecule has 3 rings (SSSR count). The molecular weight excluding hydrogens is 364 g/mol. The Hall–Kier alpha value is -3.55. The summed E-state index contributed by atoms with van der Waals surface area (Å²) in [6.07, 6.45) is -0.0115. The Balaban J connectivity index is 1.58. The maximum Gasteiger partial charge on any atom is 0.307 e. The predicted molar refractivity (Wildman–Crippen MR) is 98.9 cm³/mol. The molecule has 2 N–H and O–H groups in total. The Morgan fingerprint density at radius 3 is 2.57 bits per heavy atom. The maximum absolute atomic E-state index is 12.3. The third-order valence-corrected chi connectivity index (χ3v) is 4.18. The number of rotatable bonds is 7. The van der Waals surface area contributed by atoms with Crippen molar-refractivity contribution in [1.29, 1.82) is 0 Å². The first-order valence-corrected chi connectivity index (χ1v) is 8.66. The van der Waals surface area contributed by atoms with E-state index in [4.69, 9.17) is 14.2 Å². The van der Waals surface area contributed by atoms with Crippen molar-refractivity contribution in [2.45, 2.75) is 12.5 Å². The van der Waals surface area contributed by atoms with Gasteiger partial charge in [0.05, 0.1) is 26.1 Å². The minimum absolute atomic E-state index is 0.0115. The van der Waals surface area contributed by atoms with Crippen LogP contribution in [-0.2, 0) is 14.3 Å². The van der Waals surface area contributed by atoms with Crippen LogP contribution in [0.15, 0.2) is 48.5 Å². The quantitative estimate of drug-likeness (QED) is 0.703. The average Bonchev–Trinajstić information content (AvgIpc) is 3.20. The fourth-order valence-corrected chi connectivity index (χ4v) is 2.73. The molecule has 0 aliphatic carbocycles. The van der Waals surface area contributed by atoms with Gasteiger partial charge in [0.1, 0.15) is 0 Å². The molecule has 28 heavy (non-hydrogen) atoms. The van der Waals surface area contributed by atoms with Crippen LogP contribution in [0.3, 0.4) is 0 Å². The molecule has 0 bridgehead atoms. The molecule has 1 atom stereocenters. The summed E-state index contributed by atoms with van der Waals surface area (Å²) in [5, 5.41) is 5.30. The van der Waals surface area contributed by atoms with Crippen molar-refractivity contribution in [2.24, 2.45) is 0 Å². The van der Waals surface area contributed by atoms with E-state index in [9.17, 15) is 14.4 Å².